The molecule has 5 heteroatoms. The topological polar surface area (TPSA) is 55.1 Å². The lowest BCUT2D eigenvalue weighted by molar-refractivity contribution is 0.669. The van der Waals surface area contributed by atoms with E-state index in [2.05, 4.69) is 51.6 Å². The van der Waals surface area contributed by atoms with E-state index in [1.54, 1.807) is 4.52 Å². The summed E-state index contributed by atoms with van der Waals surface area (Å²) in [5, 5.41) is 7.83. The van der Waals surface area contributed by atoms with E-state index in [1.807, 2.05) is 19.1 Å². The lowest BCUT2D eigenvalue weighted by atomic mass is 10.0. The van der Waals surface area contributed by atoms with Gasteiger partial charge in [-0.3, -0.25) is 0 Å². The Balaban J connectivity index is 1.96. The Morgan fingerprint density at radius 2 is 2.05 bits per heavy atom. The molecule has 3 rings (SSSR count). The molecule has 2 aromatic heterocycles. The van der Waals surface area contributed by atoms with Crippen LogP contribution in [0.3, 0.4) is 0 Å². The first-order valence-corrected chi connectivity index (χ1v) is 7.27. The fourth-order valence-corrected chi connectivity index (χ4v) is 2.51. The van der Waals surface area contributed by atoms with Gasteiger partial charge in [-0.2, -0.15) is 14.6 Å². The number of fused-ring (bicyclic) bond motifs is 1. The number of anilines is 1. The Morgan fingerprint density at radius 1 is 1.24 bits per heavy atom. The Kier molecular flexibility index (Phi) is 3.81. The van der Waals surface area contributed by atoms with Crippen LogP contribution in [-0.4, -0.2) is 19.6 Å². The number of hydrogen-bond donors (Lipinski definition) is 1. The number of hydrogen-bond acceptors (Lipinski definition) is 4. The standard InChI is InChI=1S/C16H19N5/c1-3-7-14(13-8-5-4-6-9-13)20-15-10-12(2)19-16-17-11-18-21(15)16/h4-6,8-11,14,20H,3,7H2,1-2H3. The van der Waals surface area contributed by atoms with Crippen molar-refractivity contribution in [3.63, 3.8) is 0 Å². The highest BCUT2D eigenvalue weighted by atomic mass is 15.4. The van der Waals surface area contributed by atoms with Crippen LogP contribution in [0.25, 0.3) is 5.78 Å². The molecule has 1 atom stereocenters. The van der Waals surface area contributed by atoms with Crippen LogP contribution in [0.15, 0.2) is 42.7 Å². The van der Waals surface area contributed by atoms with Crippen LogP contribution in [-0.2, 0) is 0 Å². The van der Waals surface area contributed by atoms with Gasteiger partial charge in [-0.15, -0.1) is 0 Å². The number of benzene rings is 1. The number of aryl methyl sites for hydroxylation is 1. The van der Waals surface area contributed by atoms with Crippen molar-refractivity contribution in [2.45, 2.75) is 32.7 Å². The summed E-state index contributed by atoms with van der Waals surface area (Å²) >= 11 is 0. The highest BCUT2D eigenvalue weighted by Crippen LogP contribution is 2.24. The molecule has 0 radical (unpaired) electrons. The van der Waals surface area contributed by atoms with E-state index < -0.39 is 0 Å². The van der Waals surface area contributed by atoms with Gasteiger partial charge >= 0.3 is 0 Å². The number of aromatic nitrogens is 4. The third-order valence-corrected chi connectivity index (χ3v) is 3.48. The summed E-state index contributed by atoms with van der Waals surface area (Å²) in [5.74, 6) is 1.55. The van der Waals surface area contributed by atoms with Crippen molar-refractivity contribution >= 4 is 11.6 Å². The van der Waals surface area contributed by atoms with Crippen LogP contribution in [0.1, 0.15) is 37.1 Å². The molecule has 5 nitrogen and oxygen atoms in total. The normalized spacial score (nSPS) is 12.5. The van der Waals surface area contributed by atoms with Crippen LogP contribution in [0.5, 0.6) is 0 Å². The molecule has 21 heavy (non-hydrogen) atoms. The molecule has 108 valence electrons. The van der Waals surface area contributed by atoms with Crippen LogP contribution in [0.2, 0.25) is 0 Å². The molecule has 3 aromatic rings. The van der Waals surface area contributed by atoms with E-state index in [4.69, 9.17) is 0 Å². The zero-order valence-corrected chi connectivity index (χ0v) is 12.3. The maximum Gasteiger partial charge on any atom is 0.254 e. The summed E-state index contributed by atoms with van der Waals surface area (Å²) in [6.07, 6.45) is 3.70. The Labute approximate surface area is 124 Å². The average molecular weight is 281 g/mol. The second-order valence-corrected chi connectivity index (χ2v) is 5.15. The Hall–Kier alpha value is -2.43. The molecule has 1 N–H and O–H groups in total. The summed E-state index contributed by atoms with van der Waals surface area (Å²) in [5.41, 5.74) is 2.21. The van der Waals surface area contributed by atoms with Crippen molar-refractivity contribution < 1.29 is 0 Å². The number of nitrogens with one attached hydrogen (secondary N) is 1. The minimum absolute atomic E-state index is 0.255. The number of nitrogens with zero attached hydrogens (tertiary/aromatic N) is 4. The lowest BCUT2D eigenvalue weighted by Crippen LogP contribution is -2.14. The lowest BCUT2D eigenvalue weighted by Gasteiger charge is -2.20. The second kappa shape index (κ2) is 5.91. The quantitative estimate of drug-likeness (QED) is 0.779. The van der Waals surface area contributed by atoms with Gasteiger partial charge < -0.3 is 5.32 Å². The van der Waals surface area contributed by atoms with Crippen molar-refractivity contribution in [1.82, 2.24) is 19.6 Å². The van der Waals surface area contributed by atoms with Crippen LogP contribution in [0.4, 0.5) is 5.82 Å². The molecule has 0 aliphatic rings. The van der Waals surface area contributed by atoms with Crippen molar-refractivity contribution in [3.05, 3.63) is 54.0 Å². The summed E-state index contributed by atoms with van der Waals surface area (Å²) < 4.78 is 1.75. The van der Waals surface area contributed by atoms with Gasteiger partial charge in [0, 0.05) is 11.8 Å². The van der Waals surface area contributed by atoms with Gasteiger partial charge in [0.05, 0.1) is 6.04 Å². The molecular formula is C16H19N5. The van der Waals surface area contributed by atoms with E-state index in [1.165, 1.54) is 11.9 Å². The predicted molar refractivity (Wildman–Crippen MR) is 83.2 cm³/mol. The molecule has 0 saturated carbocycles. The molecule has 0 aliphatic heterocycles. The van der Waals surface area contributed by atoms with Crippen LogP contribution >= 0.6 is 0 Å². The van der Waals surface area contributed by atoms with Gasteiger partial charge in [-0.25, -0.2) is 4.98 Å². The minimum atomic E-state index is 0.255. The van der Waals surface area contributed by atoms with Crippen molar-refractivity contribution in [3.8, 4) is 0 Å². The van der Waals surface area contributed by atoms with Crippen molar-refractivity contribution in [1.29, 1.82) is 0 Å². The SMILES string of the molecule is CCCC(Nc1cc(C)nc2ncnn12)c1ccccc1. The maximum atomic E-state index is 4.37. The van der Waals surface area contributed by atoms with Crippen LogP contribution < -0.4 is 5.32 Å². The zero-order chi connectivity index (χ0) is 14.7. The van der Waals surface area contributed by atoms with Gasteiger partial charge in [0.15, 0.2) is 0 Å². The van der Waals surface area contributed by atoms with Gasteiger partial charge in [-0.1, -0.05) is 43.7 Å². The van der Waals surface area contributed by atoms with Gasteiger partial charge in [0.2, 0.25) is 0 Å². The molecule has 0 bridgehead atoms. The van der Waals surface area contributed by atoms with Gasteiger partial charge in [-0.05, 0) is 18.9 Å². The van der Waals surface area contributed by atoms with Crippen molar-refractivity contribution in [2.75, 3.05) is 5.32 Å². The molecule has 0 spiro atoms. The van der Waals surface area contributed by atoms with E-state index in [0.29, 0.717) is 5.78 Å². The molecule has 0 fully saturated rings. The third-order valence-electron chi connectivity index (χ3n) is 3.48. The first-order valence-electron chi connectivity index (χ1n) is 7.27. The monoisotopic (exact) mass is 281 g/mol. The fourth-order valence-electron chi connectivity index (χ4n) is 2.51. The highest BCUT2D eigenvalue weighted by molar-refractivity contribution is 5.46. The number of rotatable bonds is 5. The Bertz CT molecular complexity index is 720. The maximum absolute atomic E-state index is 4.37. The largest absolute Gasteiger partial charge is 0.363 e. The third kappa shape index (κ3) is 2.86. The molecule has 1 aromatic carbocycles. The summed E-state index contributed by atoms with van der Waals surface area (Å²) in [6.45, 7) is 4.16. The fraction of sp³-hybridized carbons (Fsp3) is 0.312. The van der Waals surface area contributed by atoms with Crippen molar-refractivity contribution in [2.24, 2.45) is 0 Å². The summed E-state index contributed by atoms with van der Waals surface area (Å²) in [7, 11) is 0. The van der Waals surface area contributed by atoms with E-state index in [9.17, 15) is 0 Å². The van der Waals surface area contributed by atoms with Gasteiger partial charge in [0.25, 0.3) is 5.78 Å². The first-order chi connectivity index (χ1) is 10.3. The molecular weight excluding hydrogens is 262 g/mol. The molecule has 0 aliphatic carbocycles. The molecule has 0 saturated heterocycles. The Morgan fingerprint density at radius 3 is 2.81 bits per heavy atom. The minimum Gasteiger partial charge on any atom is -0.363 e. The van der Waals surface area contributed by atoms with Crippen LogP contribution in [0, 0.1) is 6.92 Å². The highest BCUT2D eigenvalue weighted by Gasteiger charge is 2.13. The van der Waals surface area contributed by atoms with Gasteiger partial charge in [0.1, 0.15) is 12.1 Å². The summed E-state index contributed by atoms with van der Waals surface area (Å²) in [6, 6.07) is 12.8. The van der Waals surface area contributed by atoms with E-state index in [0.717, 1.165) is 24.4 Å². The zero-order valence-electron chi connectivity index (χ0n) is 12.3. The molecule has 1 unspecified atom stereocenters. The van der Waals surface area contributed by atoms with E-state index in [-0.39, 0.29) is 6.04 Å². The average Bonchev–Trinajstić information content (AvgIpc) is 2.96. The smallest absolute Gasteiger partial charge is 0.254 e. The molecule has 2 heterocycles. The van der Waals surface area contributed by atoms with E-state index >= 15 is 0 Å². The molecule has 0 amide bonds. The summed E-state index contributed by atoms with van der Waals surface area (Å²) in [4.78, 5) is 8.54. The second-order valence-electron chi connectivity index (χ2n) is 5.15. The first kappa shape index (κ1) is 13.5. The predicted octanol–water partition coefficient (Wildman–Crippen LogP) is 3.39.